The number of hydrogen-bond donors (Lipinski definition) is 2. The SMILES string of the molecule is CCC(CN)C(=O)NC(C)C1CC1. The molecule has 3 nitrogen and oxygen atoms in total. The Morgan fingerprint density at radius 3 is 2.62 bits per heavy atom. The van der Waals surface area contributed by atoms with E-state index in [2.05, 4.69) is 12.2 Å². The van der Waals surface area contributed by atoms with Crippen LogP contribution in [0.3, 0.4) is 0 Å². The molecule has 1 amide bonds. The summed E-state index contributed by atoms with van der Waals surface area (Å²) < 4.78 is 0. The van der Waals surface area contributed by atoms with E-state index in [1.807, 2.05) is 6.92 Å². The second kappa shape index (κ2) is 4.61. The Balaban J connectivity index is 2.29. The van der Waals surface area contributed by atoms with Crippen molar-refractivity contribution in [2.24, 2.45) is 17.6 Å². The molecule has 0 heterocycles. The Morgan fingerprint density at radius 1 is 1.62 bits per heavy atom. The maximum atomic E-state index is 11.6. The zero-order valence-corrected chi connectivity index (χ0v) is 8.55. The molecule has 0 bridgehead atoms. The van der Waals surface area contributed by atoms with Gasteiger partial charge in [-0.1, -0.05) is 6.92 Å². The van der Waals surface area contributed by atoms with E-state index in [0.717, 1.165) is 12.3 Å². The minimum Gasteiger partial charge on any atom is -0.353 e. The Kier molecular flexibility index (Phi) is 3.72. The summed E-state index contributed by atoms with van der Waals surface area (Å²) >= 11 is 0. The Bertz CT molecular complexity index is 174. The number of rotatable bonds is 5. The van der Waals surface area contributed by atoms with Gasteiger partial charge in [0.25, 0.3) is 0 Å². The van der Waals surface area contributed by atoms with Gasteiger partial charge in [-0.2, -0.15) is 0 Å². The van der Waals surface area contributed by atoms with Crippen LogP contribution in [0.1, 0.15) is 33.1 Å². The van der Waals surface area contributed by atoms with Crippen molar-refractivity contribution in [1.82, 2.24) is 5.32 Å². The van der Waals surface area contributed by atoms with Crippen molar-refractivity contribution in [3.8, 4) is 0 Å². The smallest absolute Gasteiger partial charge is 0.224 e. The topological polar surface area (TPSA) is 55.1 Å². The molecular weight excluding hydrogens is 164 g/mol. The molecule has 1 aliphatic carbocycles. The van der Waals surface area contributed by atoms with Crippen LogP contribution in [0.4, 0.5) is 0 Å². The lowest BCUT2D eigenvalue weighted by Crippen LogP contribution is -2.40. The van der Waals surface area contributed by atoms with E-state index in [9.17, 15) is 4.79 Å². The quantitative estimate of drug-likeness (QED) is 0.666. The lowest BCUT2D eigenvalue weighted by molar-refractivity contribution is -0.125. The molecule has 0 aromatic rings. The molecule has 0 aliphatic heterocycles. The first-order chi connectivity index (χ1) is 6.19. The van der Waals surface area contributed by atoms with Crippen molar-refractivity contribution < 1.29 is 4.79 Å². The highest BCUT2D eigenvalue weighted by atomic mass is 16.1. The van der Waals surface area contributed by atoms with Gasteiger partial charge in [0, 0.05) is 18.5 Å². The van der Waals surface area contributed by atoms with E-state index in [4.69, 9.17) is 5.73 Å². The van der Waals surface area contributed by atoms with Crippen molar-refractivity contribution in [3.05, 3.63) is 0 Å². The van der Waals surface area contributed by atoms with Gasteiger partial charge in [-0.25, -0.2) is 0 Å². The van der Waals surface area contributed by atoms with Crippen LogP contribution in [0.2, 0.25) is 0 Å². The zero-order valence-electron chi connectivity index (χ0n) is 8.55. The first kappa shape index (κ1) is 10.5. The van der Waals surface area contributed by atoms with E-state index < -0.39 is 0 Å². The minimum absolute atomic E-state index is 0.00111. The molecule has 2 unspecified atom stereocenters. The lowest BCUT2D eigenvalue weighted by Gasteiger charge is -2.17. The monoisotopic (exact) mass is 184 g/mol. The summed E-state index contributed by atoms with van der Waals surface area (Å²) in [7, 11) is 0. The van der Waals surface area contributed by atoms with Gasteiger partial charge in [-0.3, -0.25) is 4.79 Å². The maximum Gasteiger partial charge on any atom is 0.224 e. The fraction of sp³-hybridized carbons (Fsp3) is 0.900. The standard InChI is InChI=1S/C10H20N2O/c1-3-8(6-11)10(13)12-7(2)9-4-5-9/h7-9H,3-6,11H2,1-2H3,(H,12,13). The Hall–Kier alpha value is -0.570. The highest BCUT2D eigenvalue weighted by molar-refractivity contribution is 5.79. The van der Waals surface area contributed by atoms with Gasteiger partial charge in [0.05, 0.1) is 0 Å². The molecule has 3 heteroatoms. The average molecular weight is 184 g/mol. The van der Waals surface area contributed by atoms with Gasteiger partial charge in [0.15, 0.2) is 0 Å². The maximum absolute atomic E-state index is 11.6. The molecule has 0 saturated heterocycles. The number of carbonyl (C=O) groups is 1. The molecule has 0 spiro atoms. The molecule has 1 rings (SSSR count). The first-order valence-corrected chi connectivity index (χ1v) is 5.19. The minimum atomic E-state index is 0.00111. The second-order valence-electron chi connectivity index (χ2n) is 3.98. The van der Waals surface area contributed by atoms with Gasteiger partial charge in [-0.15, -0.1) is 0 Å². The summed E-state index contributed by atoms with van der Waals surface area (Å²) in [5.74, 6) is 0.852. The third-order valence-corrected chi connectivity index (χ3v) is 2.85. The van der Waals surface area contributed by atoms with Crippen LogP contribution in [0, 0.1) is 11.8 Å². The molecule has 0 aromatic carbocycles. The predicted octanol–water partition coefficient (Wildman–Crippen LogP) is 0.886. The Morgan fingerprint density at radius 2 is 2.23 bits per heavy atom. The van der Waals surface area contributed by atoms with Crippen LogP contribution in [0.15, 0.2) is 0 Å². The molecule has 1 aliphatic rings. The van der Waals surface area contributed by atoms with Crippen molar-refractivity contribution in [2.45, 2.75) is 39.2 Å². The predicted molar refractivity (Wildman–Crippen MR) is 53.2 cm³/mol. The van der Waals surface area contributed by atoms with E-state index in [0.29, 0.717) is 12.6 Å². The van der Waals surface area contributed by atoms with Crippen LogP contribution in [-0.2, 0) is 4.79 Å². The number of hydrogen-bond acceptors (Lipinski definition) is 2. The number of nitrogens with two attached hydrogens (primary N) is 1. The van der Waals surface area contributed by atoms with E-state index in [-0.39, 0.29) is 11.8 Å². The molecule has 1 fully saturated rings. The second-order valence-corrected chi connectivity index (χ2v) is 3.98. The normalized spacial score (nSPS) is 20.8. The summed E-state index contributed by atoms with van der Waals surface area (Å²) in [6.45, 7) is 4.54. The number of carbonyl (C=O) groups excluding carboxylic acids is 1. The van der Waals surface area contributed by atoms with Crippen LogP contribution < -0.4 is 11.1 Å². The fourth-order valence-corrected chi connectivity index (χ4v) is 1.52. The van der Waals surface area contributed by atoms with Gasteiger partial charge < -0.3 is 11.1 Å². The van der Waals surface area contributed by atoms with Crippen molar-refractivity contribution in [1.29, 1.82) is 0 Å². The first-order valence-electron chi connectivity index (χ1n) is 5.19. The van der Waals surface area contributed by atoms with Crippen LogP contribution >= 0.6 is 0 Å². The molecule has 1 saturated carbocycles. The molecule has 0 radical (unpaired) electrons. The third kappa shape index (κ3) is 2.99. The van der Waals surface area contributed by atoms with Crippen LogP contribution in [0.5, 0.6) is 0 Å². The van der Waals surface area contributed by atoms with Crippen molar-refractivity contribution in [2.75, 3.05) is 6.54 Å². The molecule has 13 heavy (non-hydrogen) atoms. The number of nitrogens with one attached hydrogen (secondary N) is 1. The number of amides is 1. The highest BCUT2D eigenvalue weighted by Gasteiger charge is 2.29. The van der Waals surface area contributed by atoms with Crippen LogP contribution in [0.25, 0.3) is 0 Å². The fourth-order valence-electron chi connectivity index (χ4n) is 1.52. The summed E-state index contributed by atoms with van der Waals surface area (Å²) in [4.78, 5) is 11.6. The average Bonchev–Trinajstić information content (AvgIpc) is 2.88. The largest absolute Gasteiger partial charge is 0.353 e. The third-order valence-electron chi connectivity index (χ3n) is 2.85. The van der Waals surface area contributed by atoms with Gasteiger partial charge in [-0.05, 0) is 32.1 Å². The summed E-state index contributed by atoms with van der Waals surface area (Å²) in [5, 5.41) is 3.02. The van der Waals surface area contributed by atoms with Gasteiger partial charge >= 0.3 is 0 Å². The molecule has 3 N–H and O–H groups in total. The van der Waals surface area contributed by atoms with E-state index in [1.165, 1.54) is 12.8 Å². The molecule has 2 atom stereocenters. The van der Waals surface area contributed by atoms with Crippen LogP contribution in [-0.4, -0.2) is 18.5 Å². The zero-order chi connectivity index (χ0) is 9.84. The molecular formula is C10H20N2O. The summed E-state index contributed by atoms with van der Waals surface area (Å²) in [6, 6.07) is 0.341. The lowest BCUT2D eigenvalue weighted by atomic mass is 10.1. The molecule has 0 aromatic heterocycles. The highest BCUT2D eigenvalue weighted by Crippen LogP contribution is 2.32. The summed E-state index contributed by atoms with van der Waals surface area (Å²) in [5.41, 5.74) is 5.49. The van der Waals surface area contributed by atoms with E-state index >= 15 is 0 Å². The molecule has 76 valence electrons. The van der Waals surface area contributed by atoms with Crippen molar-refractivity contribution >= 4 is 5.91 Å². The Labute approximate surface area is 80.1 Å². The summed E-state index contributed by atoms with van der Waals surface area (Å²) in [6.07, 6.45) is 3.36. The van der Waals surface area contributed by atoms with Gasteiger partial charge in [0.1, 0.15) is 0 Å². The van der Waals surface area contributed by atoms with Gasteiger partial charge in [0.2, 0.25) is 5.91 Å². The van der Waals surface area contributed by atoms with E-state index in [1.54, 1.807) is 0 Å². The van der Waals surface area contributed by atoms with Crippen molar-refractivity contribution in [3.63, 3.8) is 0 Å².